The number of hydrogen-bond donors (Lipinski definition) is 0. The van der Waals surface area contributed by atoms with Crippen molar-refractivity contribution in [3.63, 3.8) is 0 Å². The first-order chi connectivity index (χ1) is 14.2. The van der Waals surface area contributed by atoms with Crippen molar-refractivity contribution in [1.82, 2.24) is 15.2 Å². The fourth-order valence-corrected chi connectivity index (χ4v) is 3.74. The van der Waals surface area contributed by atoms with Gasteiger partial charge in [-0.25, -0.2) is 4.98 Å². The van der Waals surface area contributed by atoms with Gasteiger partial charge in [0, 0.05) is 16.9 Å². The first-order valence-electron chi connectivity index (χ1n) is 9.91. The van der Waals surface area contributed by atoms with Crippen LogP contribution in [0.2, 0.25) is 0 Å². The summed E-state index contributed by atoms with van der Waals surface area (Å²) in [5, 5.41) is 9.63. The lowest BCUT2D eigenvalue weighted by Crippen LogP contribution is -2.00. The summed E-state index contributed by atoms with van der Waals surface area (Å²) in [6, 6.07) is 15.7. The molecule has 5 nitrogen and oxygen atoms in total. The zero-order valence-corrected chi connectivity index (χ0v) is 18.0. The smallest absolute Gasteiger partial charge is 0.209 e. The number of nitrogens with zero attached hydrogens (tertiary/aromatic N) is 3. The average molecular weight is 410 g/mol. The van der Waals surface area contributed by atoms with Crippen molar-refractivity contribution in [3.05, 3.63) is 48.5 Å². The number of hydrogen-bond acceptors (Lipinski definition) is 6. The number of unbranched alkanes of at least 4 members (excludes halogenated alkanes) is 3. The molecule has 0 radical (unpaired) electrons. The van der Waals surface area contributed by atoms with E-state index >= 15 is 0 Å². The third kappa shape index (κ3) is 5.70. The van der Waals surface area contributed by atoms with Crippen molar-refractivity contribution in [2.45, 2.75) is 37.8 Å². The van der Waals surface area contributed by atoms with Gasteiger partial charge in [-0.2, -0.15) is 0 Å². The number of aromatic nitrogens is 3. The average Bonchev–Trinajstić information content (AvgIpc) is 2.79. The van der Waals surface area contributed by atoms with Crippen LogP contribution in [0.5, 0.6) is 11.5 Å². The Morgan fingerprint density at radius 1 is 0.724 bits per heavy atom. The largest absolute Gasteiger partial charge is 0.497 e. The quantitative estimate of drug-likeness (QED) is 0.307. The zero-order chi connectivity index (χ0) is 20.5. The molecule has 1 aromatic heterocycles. The molecule has 29 heavy (non-hydrogen) atoms. The van der Waals surface area contributed by atoms with Gasteiger partial charge >= 0.3 is 0 Å². The Morgan fingerprint density at radius 2 is 1.31 bits per heavy atom. The first-order valence-corrected chi connectivity index (χ1v) is 10.9. The van der Waals surface area contributed by atoms with Crippen LogP contribution in [0.4, 0.5) is 0 Å². The molecule has 6 heteroatoms. The van der Waals surface area contributed by atoms with E-state index in [1.807, 2.05) is 48.5 Å². The number of thioether (sulfide) groups is 1. The Hall–Kier alpha value is -2.60. The molecule has 0 saturated carbocycles. The normalized spacial score (nSPS) is 10.7. The molecule has 0 amide bonds. The van der Waals surface area contributed by atoms with Crippen LogP contribution in [-0.2, 0) is 0 Å². The third-order valence-electron chi connectivity index (χ3n) is 4.62. The van der Waals surface area contributed by atoms with Crippen molar-refractivity contribution in [1.29, 1.82) is 0 Å². The summed E-state index contributed by atoms with van der Waals surface area (Å²) < 4.78 is 10.6. The van der Waals surface area contributed by atoms with Gasteiger partial charge in [0.25, 0.3) is 0 Å². The second-order valence-corrected chi connectivity index (χ2v) is 7.72. The molecular formula is C23H27N3O2S. The van der Waals surface area contributed by atoms with Crippen LogP contribution in [0.15, 0.2) is 53.7 Å². The van der Waals surface area contributed by atoms with Gasteiger partial charge in [0.2, 0.25) is 5.16 Å². The van der Waals surface area contributed by atoms with Gasteiger partial charge in [0.1, 0.15) is 22.9 Å². The van der Waals surface area contributed by atoms with Crippen molar-refractivity contribution in [3.8, 4) is 34.0 Å². The maximum atomic E-state index is 5.29. The van der Waals surface area contributed by atoms with Gasteiger partial charge in [-0.3, -0.25) is 0 Å². The SMILES string of the molecule is CCCCCCSc1nnc(-c2ccc(OC)cc2)c(-c2ccc(OC)cc2)n1. The minimum Gasteiger partial charge on any atom is -0.497 e. The van der Waals surface area contributed by atoms with Crippen LogP contribution < -0.4 is 9.47 Å². The predicted molar refractivity (Wildman–Crippen MR) is 119 cm³/mol. The monoisotopic (exact) mass is 409 g/mol. The number of methoxy groups -OCH3 is 2. The Balaban J connectivity index is 1.91. The van der Waals surface area contributed by atoms with Gasteiger partial charge < -0.3 is 9.47 Å². The molecule has 0 saturated heterocycles. The highest BCUT2D eigenvalue weighted by Crippen LogP contribution is 2.32. The maximum Gasteiger partial charge on any atom is 0.209 e. The Bertz CT molecular complexity index is 899. The summed E-state index contributed by atoms with van der Waals surface area (Å²) in [6.07, 6.45) is 4.92. The van der Waals surface area contributed by atoms with Crippen LogP contribution in [-0.4, -0.2) is 35.2 Å². The van der Waals surface area contributed by atoms with E-state index in [1.54, 1.807) is 26.0 Å². The van der Waals surface area contributed by atoms with Crippen LogP contribution in [0.25, 0.3) is 22.5 Å². The molecular weight excluding hydrogens is 382 g/mol. The molecule has 3 aromatic rings. The van der Waals surface area contributed by atoms with E-state index in [9.17, 15) is 0 Å². The highest BCUT2D eigenvalue weighted by molar-refractivity contribution is 7.99. The summed E-state index contributed by atoms with van der Waals surface area (Å²) in [4.78, 5) is 4.85. The molecule has 2 aromatic carbocycles. The van der Waals surface area contributed by atoms with E-state index in [1.165, 1.54) is 25.7 Å². The lowest BCUT2D eigenvalue weighted by Gasteiger charge is -2.10. The molecule has 0 N–H and O–H groups in total. The van der Waals surface area contributed by atoms with Crippen molar-refractivity contribution in [2.75, 3.05) is 20.0 Å². The fraction of sp³-hybridized carbons (Fsp3) is 0.348. The summed E-state index contributed by atoms with van der Waals surface area (Å²) in [6.45, 7) is 2.22. The second-order valence-electron chi connectivity index (χ2n) is 6.66. The number of ether oxygens (including phenoxy) is 2. The van der Waals surface area contributed by atoms with Gasteiger partial charge in [-0.15, -0.1) is 10.2 Å². The van der Waals surface area contributed by atoms with E-state index in [0.29, 0.717) is 5.16 Å². The Labute approximate surface area is 176 Å². The molecule has 0 aliphatic heterocycles. The summed E-state index contributed by atoms with van der Waals surface area (Å²) >= 11 is 1.67. The summed E-state index contributed by atoms with van der Waals surface area (Å²) in [5.41, 5.74) is 3.52. The van der Waals surface area contributed by atoms with E-state index < -0.39 is 0 Å². The van der Waals surface area contributed by atoms with Crippen molar-refractivity contribution < 1.29 is 9.47 Å². The highest BCUT2D eigenvalue weighted by atomic mass is 32.2. The van der Waals surface area contributed by atoms with E-state index in [4.69, 9.17) is 14.5 Å². The highest BCUT2D eigenvalue weighted by Gasteiger charge is 2.14. The molecule has 0 aliphatic carbocycles. The molecule has 0 atom stereocenters. The summed E-state index contributed by atoms with van der Waals surface area (Å²) in [5.74, 6) is 2.62. The predicted octanol–water partition coefficient (Wildman–Crippen LogP) is 5.90. The zero-order valence-electron chi connectivity index (χ0n) is 17.2. The Kier molecular flexibility index (Phi) is 7.87. The number of rotatable bonds is 10. The topological polar surface area (TPSA) is 57.1 Å². The minimum atomic E-state index is 0.713. The molecule has 152 valence electrons. The van der Waals surface area contributed by atoms with Crippen molar-refractivity contribution in [2.24, 2.45) is 0 Å². The molecule has 1 heterocycles. The standard InChI is InChI=1S/C23H27N3O2S/c1-4-5-6-7-16-29-23-24-21(17-8-12-19(27-2)13-9-17)22(25-26-23)18-10-14-20(28-3)15-11-18/h8-15H,4-7,16H2,1-3H3. The third-order valence-corrected chi connectivity index (χ3v) is 5.55. The van der Waals surface area contributed by atoms with E-state index in [2.05, 4.69) is 17.1 Å². The van der Waals surface area contributed by atoms with Gasteiger partial charge in [-0.1, -0.05) is 37.9 Å². The molecule has 0 fully saturated rings. The lowest BCUT2D eigenvalue weighted by atomic mass is 10.0. The van der Waals surface area contributed by atoms with Gasteiger partial charge in [0.05, 0.1) is 14.2 Å². The minimum absolute atomic E-state index is 0.713. The molecule has 0 spiro atoms. The van der Waals surface area contributed by atoms with Gasteiger partial charge in [-0.05, 0) is 55.0 Å². The van der Waals surface area contributed by atoms with Crippen molar-refractivity contribution >= 4 is 11.8 Å². The fourth-order valence-electron chi connectivity index (χ4n) is 2.96. The lowest BCUT2D eigenvalue weighted by molar-refractivity contribution is 0.414. The van der Waals surface area contributed by atoms with E-state index in [-0.39, 0.29) is 0 Å². The first kappa shape index (κ1) is 21.1. The van der Waals surface area contributed by atoms with Crippen LogP contribution in [0.1, 0.15) is 32.6 Å². The number of benzene rings is 2. The molecule has 0 bridgehead atoms. The van der Waals surface area contributed by atoms with Crippen LogP contribution >= 0.6 is 11.8 Å². The summed E-state index contributed by atoms with van der Waals surface area (Å²) in [7, 11) is 3.32. The molecule has 0 aliphatic rings. The van der Waals surface area contributed by atoms with Gasteiger partial charge in [0.15, 0.2) is 0 Å². The molecule has 0 unspecified atom stereocenters. The Morgan fingerprint density at radius 3 is 1.86 bits per heavy atom. The van der Waals surface area contributed by atoms with Crippen LogP contribution in [0.3, 0.4) is 0 Å². The van der Waals surface area contributed by atoms with E-state index in [0.717, 1.165) is 39.8 Å². The second kappa shape index (κ2) is 10.8. The molecule has 3 rings (SSSR count). The maximum absolute atomic E-state index is 5.29. The van der Waals surface area contributed by atoms with Crippen LogP contribution in [0, 0.1) is 0 Å².